The number of hydrogen-bond donors (Lipinski definition) is 0. The van der Waals surface area contributed by atoms with E-state index in [9.17, 15) is 23.1 Å². The number of alkyl halides is 3. The number of ether oxygens (including phenoxy) is 3. The van der Waals surface area contributed by atoms with E-state index in [-0.39, 0.29) is 12.3 Å². The van der Waals surface area contributed by atoms with Crippen LogP contribution in [0.15, 0.2) is 65.2 Å². The van der Waals surface area contributed by atoms with E-state index in [2.05, 4.69) is 9.89 Å². The number of nitrogens with zero attached hydrogens (tertiary/aromatic N) is 2. The Hall–Kier alpha value is -4.67. The number of halogens is 3. The van der Waals surface area contributed by atoms with Crippen LogP contribution in [-0.2, 0) is 11.3 Å². The molecule has 0 fully saturated rings. The molecule has 2 aromatic heterocycles. The van der Waals surface area contributed by atoms with Gasteiger partial charge < -0.3 is 33.2 Å². The molecule has 202 valence electrons. The zero-order valence-electron chi connectivity index (χ0n) is 21.0. The van der Waals surface area contributed by atoms with E-state index < -0.39 is 18.4 Å². The molecule has 0 N–H and O–H groups in total. The maximum absolute atomic E-state index is 13.0. The summed E-state index contributed by atoms with van der Waals surface area (Å²) in [5.41, 5.74) is 3.62. The molecule has 0 spiro atoms. The molecule has 39 heavy (non-hydrogen) atoms. The molecular formula is C28H22F3N2O6-. The van der Waals surface area contributed by atoms with Crippen LogP contribution in [0, 0.1) is 6.92 Å². The topological polar surface area (TPSA) is 98.8 Å². The van der Waals surface area contributed by atoms with Crippen LogP contribution in [0.1, 0.15) is 18.2 Å². The highest BCUT2D eigenvalue weighted by atomic mass is 19.4. The van der Waals surface area contributed by atoms with Crippen LogP contribution < -0.4 is 19.3 Å². The molecule has 0 aliphatic heterocycles. The summed E-state index contributed by atoms with van der Waals surface area (Å²) < 4.78 is 61.3. The van der Waals surface area contributed by atoms with Gasteiger partial charge in [0.25, 0.3) is 0 Å². The van der Waals surface area contributed by atoms with E-state index in [1.54, 1.807) is 42.5 Å². The Labute approximate surface area is 220 Å². The number of carboxylic acids is 1. The van der Waals surface area contributed by atoms with Crippen molar-refractivity contribution < 1.29 is 41.8 Å². The summed E-state index contributed by atoms with van der Waals surface area (Å²) >= 11 is 0. The van der Waals surface area contributed by atoms with Crippen molar-refractivity contribution in [1.29, 1.82) is 0 Å². The summed E-state index contributed by atoms with van der Waals surface area (Å²) in [5, 5.41) is 16.7. The van der Waals surface area contributed by atoms with Crippen molar-refractivity contribution in [3.05, 3.63) is 71.9 Å². The number of aliphatic carboxylic acids is 1. The Morgan fingerprint density at radius 2 is 1.79 bits per heavy atom. The van der Waals surface area contributed by atoms with Gasteiger partial charge >= 0.3 is 6.36 Å². The average Bonchev–Trinajstić information content (AvgIpc) is 3.40. The summed E-state index contributed by atoms with van der Waals surface area (Å²) in [5.74, 6) is -0.814. The Morgan fingerprint density at radius 1 is 1.05 bits per heavy atom. The lowest BCUT2D eigenvalue weighted by Crippen LogP contribution is -2.37. The molecule has 3 aromatic carbocycles. The van der Waals surface area contributed by atoms with Crippen LogP contribution in [-0.4, -0.2) is 35.3 Å². The quantitative estimate of drug-likeness (QED) is 0.266. The summed E-state index contributed by atoms with van der Waals surface area (Å²) in [6.45, 7) is 3.43. The number of carboxylic acid groups (broad SMARTS) is 1. The van der Waals surface area contributed by atoms with Gasteiger partial charge in [-0.2, -0.15) is 0 Å². The van der Waals surface area contributed by atoms with Gasteiger partial charge in [0, 0.05) is 35.3 Å². The zero-order chi connectivity index (χ0) is 27.9. The number of rotatable bonds is 8. The fourth-order valence-electron chi connectivity index (χ4n) is 4.53. The standard InChI is InChI=1S/C28H23F3N2O6/c1-15-25(26-22-10-7-18(36-3)13-24(22)39-32-26)21-9-8-20(38-28(29,30)31)12-23(21)33(15)14-17-5-4-6-19(11-17)37-16(2)27(34)35/h4-13,16H,14H2,1-3H3,(H,34,35)/p-1/t16-/m0/s1. The molecule has 8 nitrogen and oxygen atoms in total. The second kappa shape index (κ2) is 9.90. The number of aromatic nitrogens is 2. The van der Waals surface area contributed by atoms with Crippen LogP contribution >= 0.6 is 0 Å². The molecule has 5 rings (SSSR count). The first-order valence-electron chi connectivity index (χ1n) is 11.8. The molecule has 0 aliphatic rings. The summed E-state index contributed by atoms with van der Waals surface area (Å²) in [6, 6.07) is 16.2. The van der Waals surface area contributed by atoms with Crippen molar-refractivity contribution >= 4 is 27.8 Å². The van der Waals surface area contributed by atoms with E-state index >= 15 is 0 Å². The van der Waals surface area contributed by atoms with E-state index in [1.165, 1.54) is 26.2 Å². The van der Waals surface area contributed by atoms with Crippen LogP contribution in [0.3, 0.4) is 0 Å². The molecule has 0 saturated carbocycles. The third-order valence-corrected chi connectivity index (χ3v) is 6.33. The lowest BCUT2D eigenvalue weighted by molar-refractivity contribution is -0.312. The summed E-state index contributed by atoms with van der Waals surface area (Å²) in [4.78, 5) is 11.1. The van der Waals surface area contributed by atoms with Gasteiger partial charge in [-0.25, -0.2) is 0 Å². The monoisotopic (exact) mass is 539 g/mol. The third-order valence-electron chi connectivity index (χ3n) is 6.33. The Balaban J connectivity index is 1.65. The fraction of sp³-hybridized carbons (Fsp3) is 0.214. The van der Waals surface area contributed by atoms with Crippen LogP contribution in [0.2, 0.25) is 0 Å². The van der Waals surface area contributed by atoms with Gasteiger partial charge in [-0.15, -0.1) is 13.2 Å². The molecule has 0 unspecified atom stereocenters. The second-order valence-corrected chi connectivity index (χ2v) is 8.89. The molecule has 0 bridgehead atoms. The lowest BCUT2D eigenvalue weighted by atomic mass is 10.0. The highest BCUT2D eigenvalue weighted by Crippen LogP contribution is 2.40. The van der Waals surface area contributed by atoms with Crippen LogP contribution in [0.25, 0.3) is 33.1 Å². The zero-order valence-corrected chi connectivity index (χ0v) is 21.0. The number of hydrogen-bond acceptors (Lipinski definition) is 7. The van der Waals surface area contributed by atoms with Crippen molar-refractivity contribution in [2.45, 2.75) is 32.9 Å². The Bertz CT molecular complexity index is 1690. The summed E-state index contributed by atoms with van der Waals surface area (Å²) in [6.07, 6.45) is -6.02. The Kier molecular flexibility index (Phi) is 6.59. The third kappa shape index (κ3) is 5.20. The highest BCUT2D eigenvalue weighted by molar-refractivity contribution is 6.04. The molecule has 2 heterocycles. The molecule has 5 aromatic rings. The molecular weight excluding hydrogens is 517 g/mol. The van der Waals surface area contributed by atoms with E-state index in [0.717, 1.165) is 11.3 Å². The van der Waals surface area contributed by atoms with Gasteiger partial charge in [-0.3, -0.25) is 0 Å². The molecule has 1 atom stereocenters. The minimum atomic E-state index is -4.86. The van der Waals surface area contributed by atoms with Gasteiger partial charge in [0.2, 0.25) is 0 Å². The summed E-state index contributed by atoms with van der Waals surface area (Å²) in [7, 11) is 1.54. The van der Waals surface area contributed by atoms with Crippen molar-refractivity contribution in [3.8, 4) is 28.5 Å². The first-order valence-corrected chi connectivity index (χ1v) is 11.8. The number of carbonyl (C=O) groups excluding carboxylic acids is 1. The van der Waals surface area contributed by atoms with Crippen LogP contribution in [0.5, 0.6) is 17.2 Å². The minimum absolute atomic E-state index is 0.234. The van der Waals surface area contributed by atoms with Gasteiger partial charge in [0.05, 0.1) is 24.0 Å². The SMILES string of the molecule is COc1ccc2c(-c3c(C)n(Cc4cccc(O[C@@H](C)C(=O)[O-])c4)c4cc(OC(F)(F)F)ccc34)noc2c1. The van der Waals surface area contributed by atoms with Crippen molar-refractivity contribution in [2.24, 2.45) is 0 Å². The lowest BCUT2D eigenvalue weighted by Gasteiger charge is -2.16. The van der Waals surface area contributed by atoms with Crippen molar-refractivity contribution in [3.63, 3.8) is 0 Å². The number of benzene rings is 3. The first kappa shape index (κ1) is 26.0. The number of carbonyl (C=O) groups is 1. The van der Waals surface area contributed by atoms with Gasteiger partial charge in [0.1, 0.15) is 29.0 Å². The maximum atomic E-state index is 13.0. The minimum Gasteiger partial charge on any atom is -0.546 e. The Morgan fingerprint density at radius 3 is 2.51 bits per heavy atom. The van der Waals surface area contributed by atoms with Gasteiger partial charge in [-0.1, -0.05) is 17.3 Å². The van der Waals surface area contributed by atoms with Gasteiger partial charge in [0.15, 0.2) is 5.58 Å². The first-order chi connectivity index (χ1) is 18.5. The average molecular weight is 539 g/mol. The normalized spacial score (nSPS) is 12.6. The van der Waals surface area contributed by atoms with Crippen molar-refractivity contribution in [2.75, 3.05) is 7.11 Å². The fourth-order valence-corrected chi connectivity index (χ4v) is 4.53. The number of methoxy groups -OCH3 is 1. The highest BCUT2D eigenvalue weighted by Gasteiger charge is 2.31. The molecule has 0 radical (unpaired) electrons. The van der Waals surface area contributed by atoms with E-state index in [0.29, 0.717) is 44.6 Å². The predicted molar refractivity (Wildman–Crippen MR) is 134 cm³/mol. The van der Waals surface area contributed by atoms with E-state index in [1.807, 2.05) is 17.6 Å². The largest absolute Gasteiger partial charge is 0.573 e. The molecule has 0 amide bonds. The molecule has 11 heteroatoms. The molecule has 0 saturated heterocycles. The maximum Gasteiger partial charge on any atom is 0.573 e. The van der Waals surface area contributed by atoms with Crippen LogP contribution in [0.4, 0.5) is 13.2 Å². The van der Waals surface area contributed by atoms with E-state index in [4.69, 9.17) is 14.0 Å². The second-order valence-electron chi connectivity index (χ2n) is 8.89. The number of fused-ring (bicyclic) bond motifs is 2. The van der Waals surface area contributed by atoms with Crippen molar-refractivity contribution in [1.82, 2.24) is 9.72 Å². The predicted octanol–water partition coefficient (Wildman–Crippen LogP) is 5.23. The molecule has 0 aliphatic carbocycles. The smallest absolute Gasteiger partial charge is 0.546 e. The van der Waals surface area contributed by atoms with Gasteiger partial charge in [-0.05, 0) is 55.8 Å².